The molecule has 1 aromatic heterocycles. The maximum Gasteiger partial charge on any atom is 0.314 e. The van der Waals surface area contributed by atoms with Crippen molar-refractivity contribution in [3.05, 3.63) is 34.1 Å². The molecule has 2 aromatic rings. The molecule has 0 unspecified atom stereocenters. The Kier molecular flexibility index (Phi) is 3.94. The highest BCUT2D eigenvalue weighted by Gasteiger charge is 2.17. The van der Waals surface area contributed by atoms with Crippen LogP contribution >= 0.6 is 11.8 Å². The number of benzene rings is 1. The Balaban J connectivity index is 2.23. The topological polar surface area (TPSA) is 119 Å². The average Bonchev–Trinajstić information content (AvgIpc) is 2.84. The molecule has 1 aromatic carbocycles. The number of halogens is 1. The van der Waals surface area contributed by atoms with Gasteiger partial charge in [-0.2, -0.15) is 0 Å². The van der Waals surface area contributed by atoms with Crippen LogP contribution in [-0.2, 0) is 4.79 Å². The average molecular weight is 299 g/mol. The zero-order valence-electron chi connectivity index (χ0n) is 9.65. The number of non-ortho nitro benzene ring substituents is 1. The lowest BCUT2D eigenvalue weighted by atomic mass is 10.2. The summed E-state index contributed by atoms with van der Waals surface area (Å²) in [6.07, 6.45) is 0. The lowest BCUT2D eigenvalue weighted by Gasteiger charge is -1.97. The molecule has 0 fully saturated rings. The fraction of sp³-hybridized carbons (Fsp3) is 0.100. The Bertz CT molecular complexity index is 675. The highest BCUT2D eigenvalue weighted by atomic mass is 32.2. The van der Waals surface area contributed by atoms with Crippen LogP contribution in [0.25, 0.3) is 11.5 Å². The third-order valence-electron chi connectivity index (χ3n) is 2.12. The van der Waals surface area contributed by atoms with E-state index in [4.69, 9.17) is 9.52 Å². The van der Waals surface area contributed by atoms with Crippen molar-refractivity contribution in [3.8, 4) is 11.5 Å². The lowest BCUT2D eigenvalue weighted by molar-refractivity contribution is -0.385. The minimum absolute atomic E-state index is 0.0276. The van der Waals surface area contributed by atoms with E-state index in [1.807, 2.05) is 0 Å². The van der Waals surface area contributed by atoms with E-state index in [2.05, 4.69) is 10.2 Å². The number of aromatic nitrogens is 2. The van der Waals surface area contributed by atoms with E-state index in [0.29, 0.717) is 0 Å². The molecule has 0 spiro atoms. The van der Waals surface area contributed by atoms with Crippen LogP contribution in [0.15, 0.2) is 27.8 Å². The van der Waals surface area contributed by atoms with Crippen molar-refractivity contribution < 1.29 is 23.6 Å². The van der Waals surface area contributed by atoms with Gasteiger partial charge < -0.3 is 9.52 Å². The van der Waals surface area contributed by atoms with Crippen molar-refractivity contribution in [3.63, 3.8) is 0 Å². The minimum atomic E-state index is -1.06. The summed E-state index contributed by atoms with van der Waals surface area (Å²) in [5.41, 5.74) is -0.489. The summed E-state index contributed by atoms with van der Waals surface area (Å²) in [5.74, 6) is -2.39. The zero-order chi connectivity index (χ0) is 14.7. The van der Waals surface area contributed by atoms with Crippen molar-refractivity contribution in [2.45, 2.75) is 5.22 Å². The first kappa shape index (κ1) is 13.9. The van der Waals surface area contributed by atoms with Crippen LogP contribution < -0.4 is 0 Å². The van der Waals surface area contributed by atoms with Crippen LogP contribution in [0, 0.1) is 15.9 Å². The first-order valence-corrected chi connectivity index (χ1v) is 6.08. The second-order valence-corrected chi connectivity index (χ2v) is 4.40. The van der Waals surface area contributed by atoms with Crippen molar-refractivity contribution in [1.29, 1.82) is 0 Å². The first-order valence-electron chi connectivity index (χ1n) is 5.10. The second-order valence-electron chi connectivity index (χ2n) is 3.48. The Morgan fingerprint density at radius 2 is 2.25 bits per heavy atom. The molecule has 1 N–H and O–H groups in total. The monoisotopic (exact) mass is 299 g/mol. The van der Waals surface area contributed by atoms with Crippen molar-refractivity contribution in [2.75, 3.05) is 5.75 Å². The van der Waals surface area contributed by atoms with E-state index in [0.717, 1.165) is 30.0 Å². The molecule has 0 radical (unpaired) electrons. The summed E-state index contributed by atoms with van der Waals surface area (Å²) >= 11 is 0.787. The molecule has 0 aliphatic heterocycles. The van der Waals surface area contributed by atoms with E-state index in [9.17, 15) is 19.3 Å². The summed E-state index contributed by atoms with van der Waals surface area (Å²) in [6.45, 7) is 0. The number of carboxylic acid groups (broad SMARTS) is 1. The van der Waals surface area contributed by atoms with Crippen LogP contribution in [0.4, 0.5) is 10.1 Å². The maximum atomic E-state index is 13.7. The summed E-state index contributed by atoms with van der Waals surface area (Å²) in [5, 5.41) is 26.1. The molecular weight excluding hydrogens is 293 g/mol. The number of aliphatic carboxylic acids is 1. The largest absolute Gasteiger partial charge is 0.481 e. The summed E-state index contributed by atoms with van der Waals surface area (Å²) in [7, 11) is 0. The number of nitro groups is 1. The number of hydrogen-bond donors (Lipinski definition) is 1. The molecule has 2 rings (SSSR count). The standard InChI is InChI=1S/C10H6FN3O5S/c11-7-3-5(14(17)18)1-2-6(7)9-12-13-10(19-9)20-4-8(15)16/h1-3H,4H2,(H,15,16). The van der Waals surface area contributed by atoms with E-state index < -0.39 is 22.4 Å². The van der Waals surface area contributed by atoms with Gasteiger partial charge in [0.1, 0.15) is 11.6 Å². The molecule has 0 amide bonds. The fourth-order valence-electron chi connectivity index (χ4n) is 1.29. The molecule has 1 heterocycles. The van der Waals surface area contributed by atoms with Crippen molar-refractivity contribution in [2.24, 2.45) is 0 Å². The fourth-order valence-corrected chi connectivity index (χ4v) is 1.77. The molecule has 0 saturated carbocycles. The van der Waals surface area contributed by atoms with Gasteiger partial charge in [0.05, 0.1) is 16.6 Å². The number of carbonyl (C=O) groups is 1. The summed E-state index contributed by atoms with van der Waals surface area (Å²) in [6, 6.07) is 2.99. The third kappa shape index (κ3) is 3.09. The zero-order valence-corrected chi connectivity index (χ0v) is 10.5. The van der Waals surface area contributed by atoms with Gasteiger partial charge in [0, 0.05) is 6.07 Å². The van der Waals surface area contributed by atoms with Gasteiger partial charge in [0.25, 0.3) is 16.8 Å². The van der Waals surface area contributed by atoms with E-state index in [-0.39, 0.29) is 22.4 Å². The molecule has 0 saturated heterocycles. The smallest absolute Gasteiger partial charge is 0.314 e. The SMILES string of the molecule is O=C(O)CSc1nnc(-c2ccc([N+](=O)[O-])cc2F)o1. The minimum Gasteiger partial charge on any atom is -0.481 e. The Morgan fingerprint density at radius 3 is 2.85 bits per heavy atom. The van der Waals surface area contributed by atoms with Crippen LogP contribution in [0.2, 0.25) is 0 Å². The van der Waals surface area contributed by atoms with Crippen molar-refractivity contribution >= 4 is 23.4 Å². The molecule has 0 bridgehead atoms. The van der Waals surface area contributed by atoms with Gasteiger partial charge in [0.2, 0.25) is 0 Å². The molecule has 8 nitrogen and oxygen atoms in total. The second kappa shape index (κ2) is 5.65. The van der Waals surface area contributed by atoms with Gasteiger partial charge in [0.15, 0.2) is 0 Å². The van der Waals surface area contributed by atoms with Gasteiger partial charge in [-0.05, 0) is 6.07 Å². The van der Waals surface area contributed by atoms with Crippen LogP contribution in [0.5, 0.6) is 0 Å². The quantitative estimate of drug-likeness (QED) is 0.505. The molecule has 0 aliphatic carbocycles. The van der Waals surface area contributed by atoms with E-state index >= 15 is 0 Å². The number of thioether (sulfide) groups is 1. The number of carboxylic acids is 1. The normalized spacial score (nSPS) is 10.4. The molecule has 0 atom stereocenters. The molecule has 20 heavy (non-hydrogen) atoms. The summed E-state index contributed by atoms with van der Waals surface area (Å²) in [4.78, 5) is 20.1. The van der Waals surface area contributed by atoms with Gasteiger partial charge in [-0.3, -0.25) is 14.9 Å². The number of nitrogens with zero attached hydrogens (tertiary/aromatic N) is 3. The Hall–Kier alpha value is -2.49. The van der Waals surface area contributed by atoms with E-state index in [1.165, 1.54) is 0 Å². The van der Waals surface area contributed by atoms with Crippen molar-refractivity contribution in [1.82, 2.24) is 10.2 Å². The Morgan fingerprint density at radius 1 is 1.50 bits per heavy atom. The van der Waals surface area contributed by atoms with Crippen LogP contribution in [-0.4, -0.2) is 31.9 Å². The van der Waals surface area contributed by atoms with Crippen LogP contribution in [0.1, 0.15) is 0 Å². The maximum absolute atomic E-state index is 13.7. The molecular formula is C10H6FN3O5S. The number of rotatable bonds is 5. The lowest BCUT2D eigenvalue weighted by Crippen LogP contribution is -1.97. The third-order valence-corrected chi connectivity index (χ3v) is 2.92. The molecule has 0 aliphatic rings. The first-order chi connectivity index (χ1) is 9.47. The van der Waals surface area contributed by atoms with Crippen LogP contribution in [0.3, 0.4) is 0 Å². The van der Waals surface area contributed by atoms with Gasteiger partial charge >= 0.3 is 5.97 Å². The number of nitro benzene ring substituents is 1. The molecule has 10 heteroatoms. The highest BCUT2D eigenvalue weighted by Crippen LogP contribution is 2.27. The number of hydrogen-bond acceptors (Lipinski definition) is 7. The van der Waals surface area contributed by atoms with Gasteiger partial charge in [-0.25, -0.2) is 4.39 Å². The molecule has 104 valence electrons. The highest BCUT2D eigenvalue weighted by molar-refractivity contribution is 7.99. The predicted molar refractivity (Wildman–Crippen MR) is 64.7 cm³/mol. The predicted octanol–water partition coefficient (Wildman–Crippen LogP) is 1.96. The van der Waals surface area contributed by atoms with Gasteiger partial charge in [-0.1, -0.05) is 11.8 Å². The van der Waals surface area contributed by atoms with Gasteiger partial charge in [-0.15, -0.1) is 10.2 Å². The van der Waals surface area contributed by atoms with E-state index in [1.54, 1.807) is 0 Å². The Labute approximate surface area is 114 Å². The summed E-state index contributed by atoms with van der Waals surface area (Å²) < 4.78 is 18.8.